The second-order valence-electron chi connectivity index (χ2n) is 7.95. The number of hydrogen-bond acceptors (Lipinski definition) is 3. The monoisotopic (exact) mass is 376 g/mol. The minimum Gasteiger partial charge on any atom is -0.451 e. The summed E-state index contributed by atoms with van der Waals surface area (Å²) in [6, 6.07) is 12.1. The van der Waals surface area contributed by atoms with E-state index in [1.165, 1.54) is 5.56 Å². The van der Waals surface area contributed by atoms with E-state index in [1.807, 2.05) is 18.0 Å². The lowest BCUT2D eigenvalue weighted by Gasteiger charge is -2.18. The fourth-order valence-corrected chi connectivity index (χ4v) is 3.37. The van der Waals surface area contributed by atoms with Gasteiger partial charge >= 0.3 is 0 Å². The van der Waals surface area contributed by atoms with E-state index in [0.29, 0.717) is 11.7 Å². The third-order valence-corrected chi connectivity index (χ3v) is 4.92. The van der Waals surface area contributed by atoms with Gasteiger partial charge in [0.15, 0.2) is 5.76 Å². The summed E-state index contributed by atoms with van der Waals surface area (Å²) in [6.45, 7) is 9.15. The zero-order chi connectivity index (χ0) is 18.0. The van der Waals surface area contributed by atoms with Crippen LogP contribution < -0.4 is 5.32 Å². The zero-order valence-electron chi connectivity index (χ0n) is 16.0. The van der Waals surface area contributed by atoms with Crippen LogP contribution in [-0.4, -0.2) is 37.5 Å². The molecule has 2 heterocycles. The Balaban J connectivity index is 0.00000243. The molecule has 1 atom stereocenters. The Bertz CT molecular complexity index is 731. The van der Waals surface area contributed by atoms with E-state index in [-0.39, 0.29) is 23.7 Å². The SMILES string of the molecule is CNCC1CCN(C(=O)c2ccc(-c3ccc(C(C)(C)C)cc3)o2)C1.Cl. The molecule has 1 aromatic carbocycles. The fraction of sp³-hybridized carbons (Fsp3) is 0.476. The molecule has 1 fully saturated rings. The average Bonchev–Trinajstić information content (AvgIpc) is 3.23. The molecule has 4 nitrogen and oxygen atoms in total. The maximum Gasteiger partial charge on any atom is 0.289 e. The van der Waals surface area contributed by atoms with E-state index in [2.05, 4.69) is 50.4 Å². The predicted molar refractivity (Wildman–Crippen MR) is 108 cm³/mol. The number of amides is 1. The maximum atomic E-state index is 12.6. The van der Waals surface area contributed by atoms with E-state index < -0.39 is 0 Å². The standard InChI is InChI=1S/C21H28N2O2.ClH/c1-21(2,3)17-7-5-16(6-8-17)18-9-10-19(25-18)20(24)23-12-11-15(14-23)13-22-4;/h5-10,15,22H,11-14H2,1-4H3;1H. The van der Waals surface area contributed by atoms with Gasteiger partial charge in [0.25, 0.3) is 5.91 Å². The van der Waals surface area contributed by atoms with Gasteiger partial charge in [-0.05, 0) is 49.0 Å². The van der Waals surface area contributed by atoms with Gasteiger partial charge < -0.3 is 14.6 Å². The highest BCUT2D eigenvalue weighted by Gasteiger charge is 2.28. The fourth-order valence-electron chi connectivity index (χ4n) is 3.37. The van der Waals surface area contributed by atoms with E-state index in [4.69, 9.17) is 4.42 Å². The van der Waals surface area contributed by atoms with Gasteiger partial charge in [-0.25, -0.2) is 0 Å². The Morgan fingerprint density at radius 1 is 1.19 bits per heavy atom. The van der Waals surface area contributed by atoms with Crippen molar-refractivity contribution in [1.82, 2.24) is 10.2 Å². The molecule has 1 N–H and O–H groups in total. The van der Waals surface area contributed by atoms with E-state index in [1.54, 1.807) is 6.07 Å². The molecule has 1 unspecified atom stereocenters. The first kappa shape index (κ1) is 20.5. The molecule has 0 aliphatic carbocycles. The molecule has 5 heteroatoms. The number of likely N-dealkylation sites (tertiary alicyclic amines) is 1. The molecule has 0 bridgehead atoms. The van der Waals surface area contributed by atoms with Gasteiger partial charge in [-0.1, -0.05) is 45.0 Å². The topological polar surface area (TPSA) is 45.5 Å². The lowest BCUT2D eigenvalue weighted by atomic mass is 9.86. The number of halogens is 1. The molecule has 1 saturated heterocycles. The highest BCUT2D eigenvalue weighted by molar-refractivity contribution is 5.92. The van der Waals surface area contributed by atoms with Crippen LogP contribution in [0.15, 0.2) is 40.8 Å². The maximum absolute atomic E-state index is 12.6. The Morgan fingerprint density at radius 2 is 1.88 bits per heavy atom. The number of benzene rings is 1. The van der Waals surface area contributed by atoms with Gasteiger partial charge in [0, 0.05) is 18.7 Å². The van der Waals surface area contributed by atoms with Crippen LogP contribution in [0.5, 0.6) is 0 Å². The summed E-state index contributed by atoms with van der Waals surface area (Å²) in [6.07, 6.45) is 1.05. The Hall–Kier alpha value is -1.78. The molecule has 0 saturated carbocycles. The van der Waals surface area contributed by atoms with Gasteiger partial charge in [-0.3, -0.25) is 4.79 Å². The third-order valence-electron chi connectivity index (χ3n) is 4.92. The van der Waals surface area contributed by atoms with E-state index in [0.717, 1.165) is 37.4 Å². The van der Waals surface area contributed by atoms with Gasteiger partial charge in [-0.15, -0.1) is 12.4 Å². The Kier molecular flexibility index (Phi) is 6.53. The van der Waals surface area contributed by atoms with Crippen molar-refractivity contribution in [3.05, 3.63) is 47.7 Å². The van der Waals surface area contributed by atoms with Crippen LogP contribution in [0.25, 0.3) is 11.3 Å². The van der Waals surface area contributed by atoms with Crippen LogP contribution >= 0.6 is 12.4 Å². The zero-order valence-corrected chi connectivity index (χ0v) is 16.9. The molecule has 1 aliphatic heterocycles. The van der Waals surface area contributed by atoms with Crippen LogP contribution in [0.3, 0.4) is 0 Å². The molecule has 1 aromatic heterocycles. The van der Waals surface area contributed by atoms with Crippen molar-refractivity contribution >= 4 is 18.3 Å². The van der Waals surface area contributed by atoms with Crippen LogP contribution in [0.1, 0.15) is 43.3 Å². The molecule has 142 valence electrons. The summed E-state index contributed by atoms with van der Waals surface area (Å²) in [5.41, 5.74) is 2.41. The van der Waals surface area contributed by atoms with Crippen molar-refractivity contribution in [3.63, 3.8) is 0 Å². The van der Waals surface area contributed by atoms with Crippen molar-refractivity contribution < 1.29 is 9.21 Å². The third kappa shape index (κ3) is 4.49. The highest BCUT2D eigenvalue weighted by atomic mass is 35.5. The molecule has 0 spiro atoms. The largest absolute Gasteiger partial charge is 0.451 e. The summed E-state index contributed by atoms with van der Waals surface area (Å²) < 4.78 is 5.86. The second kappa shape index (κ2) is 8.28. The first-order valence-corrected chi connectivity index (χ1v) is 9.03. The second-order valence-corrected chi connectivity index (χ2v) is 7.95. The molecule has 1 aliphatic rings. The quantitative estimate of drug-likeness (QED) is 0.862. The summed E-state index contributed by atoms with van der Waals surface area (Å²) >= 11 is 0. The van der Waals surface area contributed by atoms with E-state index >= 15 is 0 Å². The molecule has 2 aromatic rings. The first-order chi connectivity index (χ1) is 11.9. The van der Waals surface area contributed by atoms with Crippen LogP contribution in [-0.2, 0) is 5.41 Å². The average molecular weight is 377 g/mol. The first-order valence-electron chi connectivity index (χ1n) is 9.03. The van der Waals surface area contributed by atoms with E-state index in [9.17, 15) is 4.79 Å². The van der Waals surface area contributed by atoms with Gasteiger partial charge in [0.1, 0.15) is 5.76 Å². The highest BCUT2D eigenvalue weighted by Crippen LogP contribution is 2.28. The Labute approximate surface area is 162 Å². The van der Waals surface area contributed by atoms with Gasteiger partial charge in [0.2, 0.25) is 0 Å². The summed E-state index contributed by atoms with van der Waals surface area (Å²) in [5.74, 6) is 1.71. The van der Waals surface area contributed by atoms with Crippen LogP contribution in [0, 0.1) is 5.92 Å². The number of carbonyl (C=O) groups is 1. The molecule has 1 amide bonds. The molecule has 0 radical (unpaired) electrons. The summed E-state index contributed by atoms with van der Waals surface area (Å²) in [7, 11) is 1.95. The van der Waals surface area contributed by atoms with Crippen molar-refractivity contribution in [2.75, 3.05) is 26.7 Å². The number of carbonyl (C=O) groups excluding carboxylic acids is 1. The predicted octanol–water partition coefficient (Wildman–Crippen LogP) is 4.35. The van der Waals surface area contributed by atoms with Crippen molar-refractivity contribution in [3.8, 4) is 11.3 Å². The smallest absolute Gasteiger partial charge is 0.289 e. The lowest BCUT2D eigenvalue weighted by Crippen LogP contribution is -2.30. The minimum absolute atomic E-state index is 0. The minimum atomic E-state index is -0.00355. The summed E-state index contributed by atoms with van der Waals surface area (Å²) in [4.78, 5) is 14.5. The summed E-state index contributed by atoms with van der Waals surface area (Å²) in [5, 5.41) is 3.19. The van der Waals surface area contributed by atoms with Crippen molar-refractivity contribution in [1.29, 1.82) is 0 Å². The molecule has 3 rings (SSSR count). The van der Waals surface area contributed by atoms with Crippen LogP contribution in [0.2, 0.25) is 0 Å². The number of rotatable bonds is 4. The van der Waals surface area contributed by atoms with Crippen molar-refractivity contribution in [2.24, 2.45) is 5.92 Å². The number of furan rings is 1. The van der Waals surface area contributed by atoms with Gasteiger partial charge in [-0.2, -0.15) is 0 Å². The van der Waals surface area contributed by atoms with Gasteiger partial charge in [0.05, 0.1) is 0 Å². The molecular weight excluding hydrogens is 348 g/mol. The molecular formula is C21H29ClN2O2. The number of nitrogens with one attached hydrogen (secondary N) is 1. The van der Waals surface area contributed by atoms with Crippen molar-refractivity contribution in [2.45, 2.75) is 32.6 Å². The van der Waals surface area contributed by atoms with Crippen LogP contribution in [0.4, 0.5) is 0 Å². The lowest BCUT2D eigenvalue weighted by molar-refractivity contribution is 0.0756. The Morgan fingerprint density at radius 3 is 2.50 bits per heavy atom. The number of hydrogen-bond donors (Lipinski definition) is 1. The normalized spacial score (nSPS) is 17.2. The molecule has 26 heavy (non-hydrogen) atoms. The number of nitrogens with zero attached hydrogens (tertiary/aromatic N) is 1.